The van der Waals surface area contributed by atoms with Gasteiger partial charge in [-0.1, -0.05) is 57.7 Å². The van der Waals surface area contributed by atoms with Gasteiger partial charge in [0.2, 0.25) is 5.78 Å². The lowest BCUT2D eigenvalue weighted by atomic mass is 9.43. The van der Waals surface area contributed by atoms with Gasteiger partial charge in [-0.25, -0.2) is 0 Å². The predicted molar refractivity (Wildman–Crippen MR) is 148 cm³/mol. The van der Waals surface area contributed by atoms with Crippen molar-refractivity contribution >= 4 is 23.1 Å². The number of benzene rings is 2. The number of aliphatic hydroxyl groups excluding tert-OH is 2. The molecule has 40 heavy (non-hydrogen) atoms. The van der Waals surface area contributed by atoms with Crippen LogP contribution in [0.1, 0.15) is 63.3 Å². The molecule has 5 rings (SSSR count). The first-order valence-corrected chi connectivity index (χ1v) is 13.3. The van der Waals surface area contributed by atoms with Gasteiger partial charge in [0.1, 0.15) is 22.8 Å². The van der Waals surface area contributed by atoms with E-state index in [4.69, 9.17) is 0 Å². The number of carbonyl (C=O) groups excluding carboxylic acids is 3. The maximum Gasteiger partial charge on any atom is 0.203 e. The number of aliphatic hydroxyl groups is 3. The van der Waals surface area contributed by atoms with Gasteiger partial charge >= 0.3 is 0 Å². The van der Waals surface area contributed by atoms with E-state index in [1.165, 1.54) is 6.07 Å². The highest BCUT2D eigenvalue weighted by Crippen LogP contribution is 2.65. The molecule has 0 saturated heterocycles. The standard InChI is InChI=1S/C33H32O7/c1-17(2)25-27(36)23(18(3)34)29(38)33(40)30(39)26-28(37)24-21(15-31(26,4)16-32(25,33)5)20(13-14-22(24)35)12-11-19-9-7-6-8-10-19/h6-10,13-14,17,25,35,37-38,40H,15-16H2,1-5H3/t25?,31-,32-,33+/m1/s1. The molecule has 7 heteroatoms. The molecule has 4 N–H and O–H groups in total. The number of Topliss-reactive ketones (excluding diaryl/α,β-unsaturated/α-hetero) is 3. The first kappa shape index (κ1) is 27.4. The van der Waals surface area contributed by atoms with Gasteiger partial charge in [0, 0.05) is 33.4 Å². The van der Waals surface area contributed by atoms with Crippen molar-refractivity contribution in [2.75, 3.05) is 0 Å². The Labute approximate surface area is 232 Å². The Morgan fingerprint density at radius 2 is 1.65 bits per heavy atom. The number of allylic oxidation sites excluding steroid dienone is 1. The lowest BCUT2D eigenvalue weighted by molar-refractivity contribution is -0.178. The topological polar surface area (TPSA) is 132 Å². The third-order valence-corrected chi connectivity index (χ3v) is 9.00. The summed E-state index contributed by atoms with van der Waals surface area (Å²) in [5.41, 5.74) is -4.04. The molecule has 1 unspecified atom stereocenters. The molecular weight excluding hydrogens is 508 g/mol. The van der Waals surface area contributed by atoms with Gasteiger partial charge in [-0.3, -0.25) is 14.4 Å². The van der Waals surface area contributed by atoms with Crippen LogP contribution in [0, 0.1) is 34.5 Å². The van der Waals surface area contributed by atoms with E-state index in [0.717, 1.165) is 12.5 Å². The minimum atomic E-state index is -2.63. The minimum absolute atomic E-state index is 0.0338. The largest absolute Gasteiger partial charge is 0.508 e. The van der Waals surface area contributed by atoms with Crippen molar-refractivity contribution in [3.8, 4) is 17.6 Å². The second-order valence-electron chi connectivity index (χ2n) is 12.1. The van der Waals surface area contributed by atoms with Gasteiger partial charge in [-0.2, -0.15) is 0 Å². The summed E-state index contributed by atoms with van der Waals surface area (Å²) in [5.74, 6) is 0.783. The second kappa shape index (κ2) is 8.94. The van der Waals surface area contributed by atoms with Gasteiger partial charge in [0.15, 0.2) is 17.2 Å². The molecule has 4 atom stereocenters. The van der Waals surface area contributed by atoms with Crippen LogP contribution in [0.2, 0.25) is 0 Å². The third-order valence-electron chi connectivity index (χ3n) is 9.00. The Kier molecular flexibility index (Phi) is 6.12. The fourth-order valence-corrected chi connectivity index (χ4v) is 7.50. The zero-order valence-corrected chi connectivity index (χ0v) is 23.1. The molecule has 0 aliphatic heterocycles. The van der Waals surface area contributed by atoms with Crippen molar-refractivity contribution < 1.29 is 34.8 Å². The third kappa shape index (κ3) is 3.52. The normalized spacial score (nSPS) is 29.4. The van der Waals surface area contributed by atoms with Crippen molar-refractivity contribution in [3.05, 3.63) is 81.6 Å². The highest BCUT2D eigenvalue weighted by molar-refractivity contribution is 6.24. The number of hydrogen-bond donors (Lipinski definition) is 4. The summed E-state index contributed by atoms with van der Waals surface area (Å²) >= 11 is 0. The number of aromatic hydroxyl groups is 1. The SMILES string of the molecule is CC(=O)C1=C(O)[C@]2(O)C(=O)C3=C(O)c4c(O)ccc(C#Cc5ccccc5)c4C[C@]3(C)C[C@]2(C)C(C(C)C)C1=O. The zero-order chi connectivity index (χ0) is 29.4. The van der Waals surface area contributed by atoms with Crippen LogP contribution in [-0.4, -0.2) is 43.4 Å². The Morgan fingerprint density at radius 3 is 2.25 bits per heavy atom. The first-order chi connectivity index (χ1) is 18.7. The lowest BCUT2D eigenvalue weighted by Gasteiger charge is -2.59. The molecule has 0 heterocycles. The van der Waals surface area contributed by atoms with Crippen LogP contribution in [0.3, 0.4) is 0 Å². The second-order valence-corrected chi connectivity index (χ2v) is 12.1. The Balaban J connectivity index is 1.78. The fraction of sp³-hybridized carbons (Fsp3) is 0.364. The molecule has 1 fully saturated rings. The van der Waals surface area contributed by atoms with E-state index < -0.39 is 56.8 Å². The van der Waals surface area contributed by atoms with E-state index in [0.29, 0.717) is 11.1 Å². The summed E-state index contributed by atoms with van der Waals surface area (Å²) in [7, 11) is 0. The predicted octanol–water partition coefficient (Wildman–Crippen LogP) is 4.59. The summed E-state index contributed by atoms with van der Waals surface area (Å²) in [6.45, 7) is 8.01. The number of phenols is 1. The van der Waals surface area contributed by atoms with Crippen LogP contribution in [0.15, 0.2) is 59.4 Å². The number of phenolic OH excluding ortho intramolecular Hbond substituents is 1. The Morgan fingerprint density at radius 1 is 1.00 bits per heavy atom. The maximum absolute atomic E-state index is 14.3. The number of carbonyl (C=O) groups is 3. The van der Waals surface area contributed by atoms with E-state index in [2.05, 4.69) is 11.8 Å². The van der Waals surface area contributed by atoms with Gasteiger partial charge in [-0.15, -0.1) is 0 Å². The molecule has 2 aromatic carbocycles. The van der Waals surface area contributed by atoms with Gasteiger partial charge < -0.3 is 20.4 Å². The van der Waals surface area contributed by atoms with Crippen molar-refractivity contribution in [2.45, 2.75) is 53.1 Å². The van der Waals surface area contributed by atoms with Crippen LogP contribution >= 0.6 is 0 Å². The van der Waals surface area contributed by atoms with Crippen LogP contribution in [0.25, 0.3) is 5.76 Å². The maximum atomic E-state index is 14.3. The fourth-order valence-electron chi connectivity index (χ4n) is 7.50. The van der Waals surface area contributed by atoms with Crippen LogP contribution < -0.4 is 0 Å². The molecule has 0 radical (unpaired) electrons. The summed E-state index contributed by atoms with van der Waals surface area (Å²) in [6.07, 6.45) is 0.210. The average molecular weight is 541 g/mol. The Hall–Kier alpha value is -4.15. The van der Waals surface area contributed by atoms with Crippen molar-refractivity contribution in [1.29, 1.82) is 0 Å². The first-order valence-electron chi connectivity index (χ1n) is 13.3. The molecule has 3 aliphatic rings. The van der Waals surface area contributed by atoms with E-state index in [1.807, 2.05) is 30.3 Å². The monoisotopic (exact) mass is 540 g/mol. The van der Waals surface area contributed by atoms with Crippen molar-refractivity contribution in [2.24, 2.45) is 22.7 Å². The van der Waals surface area contributed by atoms with E-state index in [9.17, 15) is 34.8 Å². The number of rotatable bonds is 2. The summed E-state index contributed by atoms with van der Waals surface area (Å²) in [6, 6.07) is 12.4. The highest BCUT2D eigenvalue weighted by atomic mass is 16.3. The number of hydrogen-bond acceptors (Lipinski definition) is 7. The smallest absolute Gasteiger partial charge is 0.203 e. The highest BCUT2D eigenvalue weighted by Gasteiger charge is 2.72. The summed E-state index contributed by atoms with van der Waals surface area (Å²) in [4.78, 5) is 40.4. The van der Waals surface area contributed by atoms with Crippen LogP contribution in [0.4, 0.5) is 0 Å². The summed E-state index contributed by atoms with van der Waals surface area (Å²) in [5, 5.41) is 45.7. The molecule has 0 bridgehead atoms. The zero-order valence-electron chi connectivity index (χ0n) is 23.1. The van der Waals surface area contributed by atoms with Gasteiger partial charge in [0.25, 0.3) is 0 Å². The van der Waals surface area contributed by atoms with Crippen molar-refractivity contribution in [3.63, 3.8) is 0 Å². The molecule has 3 aliphatic carbocycles. The number of ketones is 3. The van der Waals surface area contributed by atoms with Crippen LogP contribution in [0.5, 0.6) is 5.75 Å². The van der Waals surface area contributed by atoms with Crippen molar-refractivity contribution in [1.82, 2.24) is 0 Å². The minimum Gasteiger partial charge on any atom is -0.508 e. The summed E-state index contributed by atoms with van der Waals surface area (Å²) < 4.78 is 0. The molecule has 2 aromatic rings. The van der Waals surface area contributed by atoms with Crippen LogP contribution in [-0.2, 0) is 20.8 Å². The quantitative estimate of drug-likeness (QED) is 0.324. The molecule has 7 nitrogen and oxygen atoms in total. The average Bonchev–Trinajstić information content (AvgIpc) is 2.86. The molecule has 0 amide bonds. The molecule has 0 aromatic heterocycles. The van der Waals surface area contributed by atoms with Gasteiger partial charge in [-0.05, 0) is 55.5 Å². The molecular formula is C33H32O7. The number of fused-ring (bicyclic) bond motifs is 3. The molecule has 206 valence electrons. The molecule has 1 saturated carbocycles. The van der Waals surface area contributed by atoms with E-state index in [1.54, 1.807) is 33.8 Å². The lowest BCUT2D eigenvalue weighted by Crippen LogP contribution is -2.69. The Bertz CT molecular complexity index is 1620. The molecule has 0 spiro atoms. The van der Waals surface area contributed by atoms with E-state index in [-0.39, 0.29) is 35.6 Å². The van der Waals surface area contributed by atoms with E-state index >= 15 is 0 Å². The van der Waals surface area contributed by atoms with Gasteiger partial charge in [0.05, 0.1) is 5.56 Å².